The van der Waals surface area contributed by atoms with E-state index in [4.69, 9.17) is 13.9 Å². The SMILES string of the molecule is COCc1cn([C@@H]2C[C@@H]3CN(Cc4ccoc4)C[C@@H]3C[C@H]2OCC2CC2)nn1. The molecule has 0 amide bonds. The first-order valence-electron chi connectivity index (χ1n) is 10.5. The number of nitrogens with zero attached hydrogens (tertiary/aromatic N) is 4. The molecule has 152 valence electrons. The molecule has 0 bridgehead atoms. The van der Waals surface area contributed by atoms with Crippen LogP contribution in [0.5, 0.6) is 0 Å². The van der Waals surface area contributed by atoms with Gasteiger partial charge in [-0.3, -0.25) is 4.90 Å². The van der Waals surface area contributed by atoms with Crippen LogP contribution in [0.4, 0.5) is 0 Å². The Morgan fingerprint density at radius 2 is 2.07 bits per heavy atom. The highest BCUT2D eigenvalue weighted by atomic mass is 16.5. The lowest BCUT2D eigenvalue weighted by molar-refractivity contribution is -0.0376. The van der Waals surface area contributed by atoms with E-state index in [0.29, 0.717) is 18.4 Å². The van der Waals surface area contributed by atoms with Crippen molar-refractivity contribution >= 4 is 0 Å². The van der Waals surface area contributed by atoms with Gasteiger partial charge in [-0.25, -0.2) is 4.68 Å². The number of fused-ring (bicyclic) bond motifs is 1. The fourth-order valence-electron chi connectivity index (χ4n) is 4.95. The Kier molecular flexibility index (Phi) is 5.22. The van der Waals surface area contributed by atoms with Crippen molar-refractivity contribution in [1.29, 1.82) is 0 Å². The van der Waals surface area contributed by atoms with E-state index in [-0.39, 0.29) is 12.1 Å². The van der Waals surface area contributed by atoms with Crippen LogP contribution >= 0.6 is 0 Å². The van der Waals surface area contributed by atoms with Crippen molar-refractivity contribution < 1.29 is 13.9 Å². The second-order valence-corrected chi connectivity index (χ2v) is 8.82. The van der Waals surface area contributed by atoms with E-state index in [1.165, 1.54) is 18.4 Å². The van der Waals surface area contributed by atoms with Crippen molar-refractivity contribution in [2.24, 2.45) is 17.8 Å². The Hall–Kier alpha value is -1.70. The summed E-state index contributed by atoms with van der Waals surface area (Å²) in [7, 11) is 1.69. The van der Waals surface area contributed by atoms with Crippen LogP contribution in [0.15, 0.2) is 29.2 Å². The Morgan fingerprint density at radius 3 is 2.82 bits per heavy atom. The maximum Gasteiger partial charge on any atom is 0.108 e. The third-order valence-corrected chi connectivity index (χ3v) is 6.58. The van der Waals surface area contributed by atoms with Crippen LogP contribution in [0.25, 0.3) is 0 Å². The molecule has 0 spiro atoms. The van der Waals surface area contributed by atoms with Gasteiger partial charge in [0.15, 0.2) is 0 Å². The van der Waals surface area contributed by atoms with E-state index in [1.54, 1.807) is 13.4 Å². The van der Waals surface area contributed by atoms with E-state index >= 15 is 0 Å². The van der Waals surface area contributed by atoms with Gasteiger partial charge < -0.3 is 13.9 Å². The highest BCUT2D eigenvalue weighted by Gasteiger charge is 2.44. The fourth-order valence-corrected chi connectivity index (χ4v) is 4.95. The second kappa shape index (κ2) is 7.97. The summed E-state index contributed by atoms with van der Waals surface area (Å²) in [6.45, 7) is 4.67. The summed E-state index contributed by atoms with van der Waals surface area (Å²) in [5.74, 6) is 2.17. The first kappa shape index (κ1) is 18.3. The average molecular weight is 386 g/mol. The number of furan rings is 1. The molecular weight excluding hydrogens is 356 g/mol. The largest absolute Gasteiger partial charge is 0.472 e. The number of methoxy groups -OCH3 is 1. The standard InChI is InChI=1S/C21H30N4O3/c1-26-14-19-11-25(23-22-19)20-6-17-9-24(8-16-4-5-27-12-16)10-18(17)7-21(20)28-13-15-2-3-15/h4-5,11-12,15,17-18,20-21H,2-3,6-10,13-14H2,1H3/t17-,18+,20-,21-/m1/s1. The van der Waals surface area contributed by atoms with E-state index < -0.39 is 0 Å². The molecule has 2 aliphatic carbocycles. The number of ether oxygens (including phenoxy) is 2. The van der Waals surface area contributed by atoms with Crippen LogP contribution < -0.4 is 0 Å². The normalized spacial score (nSPS) is 30.6. The fraction of sp³-hybridized carbons (Fsp3) is 0.714. The van der Waals surface area contributed by atoms with Crippen molar-refractivity contribution in [3.8, 4) is 0 Å². The maximum atomic E-state index is 6.44. The van der Waals surface area contributed by atoms with Gasteiger partial charge in [0.1, 0.15) is 5.69 Å². The molecule has 0 radical (unpaired) electrons. The van der Waals surface area contributed by atoms with Crippen LogP contribution in [0.3, 0.4) is 0 Å². The molecule has 2 aromatic heterocycles. The summed E-state index contributed by atoms with van der Waals surface area (Å²) in [6, 6.07) is 2.34. The smallest absolute Gasteiger partial charge is 0.108 e. The van der Waals surface area contributed by atoms with E-state index in [2.05, 4.69) is 21.3 Å². The summed E-state index contributed by atoms with van der Waals surface area (Å²) < 4.78 is 18.9. The van der Waals surface area contributed by atoms with Gasteiger partial charge in [0.25, 0.3) is 0 Å². The third kappa shape index (κ3) is 4.02. The molecule has 0 unspecified atom stereocenters. The lowest BCUT2D eigenvalue weighted by Crippen LogP contribution is -2.38. The Balaban J connectivity index is 1.28. The second-order valence-electron chi connectivity index (χ2n) is 8.82. The van der Waals surface area contributed by atoms with Crippen molar-refractivity contribution in [2.45, 2.75) is 51.0 Å². The molecule has 2 saturated carbocycles. The Morgan fingerprint density at radius 1 is 1.21 bits per heavy atom. The van der Waals surface area contributed by atoms with Gasteiger partial charge in [-0.05, 0) is 49.5 Å². The van der Waals surface area contributed by atoms with Crippen LogP contribution in [0, 0.1) is 17.8 Å². The Bertz CT molecular complexity index is 758. The van der Waals surface area contributed by atoms with Gasteiger partial charge in [-0.1, -0.05) is 5.21 Å². The van der Waals surface area contributed by atoms with Crippen molar-refractivity contribution in [1.82, 2.24) is 19.9 Å². The summed E-state index contributed by atoms with van der Waals surface area (Å²) in [5.41, 5.74) is 2.15. The molecule has 0 aromatic carbocycles. The van der Waals surface area contributed by atoms with Crippen LogP contribution in [0.2, 0.25) is 0 Å². The Labute approximate surface area is 166 Å². The van der Waals surface area contributed by atoms with Gasteiger partial charge in [-0.2, -0.15) is 0 Å². The van der Waals surface area contributed by atoms with Crippen molar-refractivity contribution in [2.75, 3.05) is 26.8 Å². The van der Waals surface area contributed by atoms with Gasteiger partial charge in [-0.15, -0.1) is 5.10 Å². The molecule has 3 fully saturated rings. The number of likely N-dealkylation sites (tertiary alicyclic amines) is 1. The molecule has 3 heterocycles. The van der Waals surface area contributed by atoms with Crippen LogP contribution in [-0.4, -0.2) is 52.8 Å². The number of hydrogen-bond donors (Lipinski definition) is 0. The lowest BCUT2D eigenvalue weighted by atomic mass is 9.77. The maximum absolute atomic E-state index is 6.44. The molecule has 28 heavy (non-hydrogen) atoms. The monoisotopic (exact) mass is 386 g/mol. The minimum atomic E-state index is 0.229. The quantitative estimate of drug-likeness (QED) is 0.695. The lowest BCUT2D eigenvalue weighted by Gasteiger charge is -2.37. The zero-order valence-corrected chi connectivity index (χ0v) is 16.6. The van der Waals surface area contributed by atoms with E-state index in [1.807, 2.05) is 17.1 Å². The molecule has 7 heteroatoms. The van der Waals surface area contributed by atoms with Crippen molar-refractivity contribution in [3.05, 3.63) is 36.0 Å². The van der Waals surface area contributed by atoms with Gasteiger partial charge in [0, 0.05) is 38.9 Å². The molecule has 0 N–H and O–H groups in total. The highest BCUT2D eigenvalue weighted by Crippen LogP contribution is 2.43. The average Bonchev–Trinajstić information content (AvgIpc) is 3.07. The highest BCUT2D eigenvalue weighted by molar-refractivity contribution is 5.06. The minimum Gasteiger partial charge on any atom is -0.472 e. The molecule has 2 aromatic rings. The molecule has 1 saturated heterocycles. The topological polar surface area (TPSA) is 65.5 Å². The molecule has 1 aliphatic heterocycles. The predicted molar refractivity (Wildman–Crippen MR) is 102 cm³/mol. The zero-order chi connectivity index (χ0) is 18.9. The number of aromatic nitrogens is 3. The first-order valence-corrected chi connectivity index (χ1v) is 10.5. The van der Waals surface area contributed by atoms with E-state index in [0.717, 1.165) is 50.7 Å². The minimum absolute atomic E-state index is 0.229. The summed E-state index contributed by atoms with van der Waals surface area (Å²) >= 11 is 0. The molecular formula is C21H30N4O3. The first-order chi connectivity index (χ1) is 13.8. The molecule has 4 atom stereocenters. The molecule has 5 rings (SSSR count). The van der Waals surface area contributed by atoms with Gasteiger partial charge in [0.05, 0.1) is 37.5 Å². The number of hydrogen-bond acceptors (Lipinski definition) is 6. The summed E-state index contributed by atoms with van der Waals surface area (Å²) in [5, 5.41) is 8.71. The van der Waals surface area contributed by atoms with Gasteiger partial charge >= 0.3 is 0 Å². The zero-order valence-electron chi connectivity index (χ0n) is 16.6. The summed E-state index contributed by atoms with van der Waals surface area (Å²) in [6.07, 6.45) is 10.8. The predicted octanol–water partition coefficient (Wildman–Crippen LogP) is 2.90. The van der Waals surface area contributed by atoms with Crippen LogP contribution in [0.1, 0.15) is 43.0 Å². The summed E-state index contributed by atoms with van der Waals surface area (Å²) in [4.78, 5) is 2.57. The van der Waals surface area contributed by atoms with Crippen molar-refractivity contribution in [3.63, 3.8) is 0 Å². The van der Waals surface area contributed by atoms with Crippen LogP contribution in [-0.2, 0) is 22.6 Å². The third-order valence-electron chi connectivity index (χ3n) is 6.58. The molecule has 3 aliphatic rings. The van der Waals surface area contributed by atoms with E-state index in [9.17, 15) is 0 Å². The molecule has 7 nitrogen and oxygen atoms in total. The number of rotatable bonds is 8. The van der Waals surface area contributed by atoms with Gasteiger partial charge in [0.2, 0.25) is 0 Å².